The van der Waals surface area contributed by atoms with Crippen LogP contribution in [0.25, 0.3) is 16.5 Å². The quantitative estimate of drug-likeness (QED) is 0.417. The summed E-state index contributed by atoms with van der Waals surface area (Å²) in [7, 11) is 0. The monoisotopic (exact) mass is 355 g/mol. The maximum Gasteiger partial charge on any atom is 0.188 e. The first-order valence-electron chi connectivity index (χ1n) is 9.07. The molecule has 0 radical (unpaired) electrons. The Morgan fingerprint density at radius 2 is 1.81 bits per heavy atom. The van der Waals surface area contributed by atoms with E-state index in [1.807, 2.05) is 60.7 Å². The number of hydrogen-bond donors (Lipinski definition) is 1. The van der Waals surface area contributed by atoms with E-state index in [0.717, 1.165) is 40.3 Å². The van der Waals surface area contributed by atoms with Crippen LogP contribution in [0, 0.1) is 0 Å². The van der Waals surface area contributed by atoms with Gasteiger partial charge in [-0.25, -0.2) is 0 Å². The molecule has 0 atom stereocenters. The van der Waals surface area contributed by atoms with Crippen molar-refractivity contribution in [3.05, 3.63) is 89.0 Å². The first kappa shape index (κ1) is 17.2. The summed E-state index contributed by atoms with van der Waals surface area (Å²) >= 11 is 0. The number of aldehydes is 1. The minimum Gasteiger partial charge on any atom is -0.379 e. The number of rotatable bonds is 3. The summed E-state index contributed by atoms with van der Waals surface area (Å²) in [4.78, 5) is 24.3. The molecule has 1 aliphatic rings. The van der Waals surface area contributed by atoms with Crippen molar-refractivity contribution in [1.82, 2.24) is 5.32 Å². The highest BCUT2D eigenvalue weighted by Crippen LogP contribution is 2.31. The van der Waals surface area contributed by atoms with E-state index in [-0.39, 0.29) is 11.3 Å². The molecule has 4 rings (SSSR count). The Morgan fingerprint density at radius 1 is 1.04 bits per heavy atom. The Hall–Kier alpha value is -3.20. The van der Waals surface area contributed by atoms with Gasteiger partial charge in [-0.15, -0.1) is 0 Å². The lowest BCUT2D eigenvalue weighted by atomic mass is 9.84. The van der Waals surface area contributed by atoms with E-state index < -0.39 is 0 Å². The summed E-state index contributed by atoms with van der Waals surface area (Å²) < 4.78 is 0. The second kappa shape index (κ2) is 6.51. The number of fused-ring (bicyclic) bond motifs is 2. The third-order valence-electron chi connectivity index (χ3n) is 5.00. The predicted molar refractivity (Wildman–Crippen MR) is 109 cm³/mol. The predicted octanol–water partition coefficient (Wildman–Crippen LogP) is 4.80. The number of carbonyl (C=O) groups is 2. The molecule has 27 heavy (non-hydrogen) atoms. The SMILES string of the molecule is CC1(C)Cc2ccc(C=O)cc2/C(=C/C(=O)c2cccc3ccccc23)N1. The van der Waals surface area contributed by atoms with Gasteiger partial charge in [-0.3, -0.25) is 9.59 Å². The van der Waals surface area contributed by atoms with Gasteiger partial charge in [-0.2, -0.15) is 0 Å². The number of allylic oxidation sites excluding steroid dienone is 1. The van der Waals surface area contributed by atoms with Gasteiger partial charge < -0.3 is 5.32 Å². The van der Waals surface area contributed by atoms with Crippen molar-refractivity contribution in [2.45, 2.75) is 25.8 Å². The second-order valence-electron chi connectivity index (χ2n) is 7.67. The highest BCUT2D eigenvalue weighted by molar-refractivity contribution is 6.15. The molecule has 0 aliphatic carbocycles. The van der Waals surface area contributed by atoms with Crippen LogP contribution in [0.4, 0.5) is 0 Å². The molecule has 1 N–H and O–H groups in total. The fourth-order valence-electron chi connectivity index (χ4n) is 3.79. The molecule has 1 heterocycles. The van der Waals surface area contributed by atoms with Gasteiger partial charge in [-0.1, -0.05) is 54.6 Å². The standard InChI is InChI=1S/C24H21NO2/c1-24(2)14-18-11-10-16(15-26)12-21(18)22(25-24)13-23(27)20-9-5-7-17-6-3-4-8-19(17)20/h3-13,15,25H,14H2,1-2H3/b22-13-. The molecule has 134 valence electrons. The van der Waals surface area contributed by atoms with Crippen LogP contribution in [0.2, 0.25) is 0 Å². The summed E-state index contributed by atoms with van der Waals surface area (Å²) in [5.41, 5.74) is 3.95. The zero-order valence-electron chi connectivity index (χ0n) is 15.5. The fourth-order valence-corrected chi connectivity index (χ4v) is 3.79. The van der Waals surface area contributed by atoms with Crippen LogP contribution in [0.1, 0.15) is 45.7 Å². The number of benzene rings is 3. The minimum atomic E-state index is -0.166. The molecule has 3 nitrogen and oxygen atoms in total. The molecule has 0 fully saturated rings. The van der Waals surface area contributed by atoms with Crippen LogP contribution in [0.5, 0.6) is 0 Å². The van der Waals surface area contributed by atoms with E-state index in [2.05, 4.69) is 19.2 Å². The lowest BCUT2D eigenvalue weighted by Gasteiger charge is -2.35. The summed E-state index contributed by atoms with van der Waals surface area (Å²) in [5.74, 6) is -0.0468. The maximum atomic E-state index is 13.1. The van der Waals surface area contributed by atoms with Gasteiger partial charge >= 0.3 is 0 Å². The van der Waals surface area contributed by atoms with E-state index >= 15 is 0 Å². The van der Waals surface area contributed by atoms with E-state index in [0.29, 0.717) is 11.1 Å². The molecule has 0 saturated heterocycles. The zero-order chi connectivity index (χ0) is 19.0. The number of nitrogens with one attached hydrogen (secondary N) is 1. The largest absolute Gasteiger partial charge is 0.379 e. The van der Waals surface area contributed by atoms with Gasteiger partial charge in [0.1, 0.15) is 6.29 Å². The van der Waals surface area contributed by atoms with Crippen molar-refractivity contribution in [3.8, 4) is 0 Å². The van der Waals surface area contributed by atoms with Crippen LogP contribution in [0.3, 0.4) is 0 Å². The van der Waals surface area contributed by atoms with E-state index in [9.17, 15) is 9.59 Å². The van der Waals surface area contributed by atoms with Gasteiger partial charge in [0.05, 0.1) is 0 Å². The molecule has 1 aliphatic heterocycles. The summed E-state index contributed by atoms with van der Waals surface area (Å²) in [6.07, 6.45) is 3.33. The lowest BCUT2D eigenvalue weighted by Crippen LogP contribution is -2.43. The van der Waals surface area contributed by atoms with Crippen LogP contribution in [0.15, 0.2) is 66.7 Å². The van der Waals surface area contributed by atoms with Crippen molar-refractivity contribution in [2.24, 2.45) is 0 Å². The Morgan fingerprint density at radius 3 is 2.63 bits per heavy atom. The fraction of sp³-hybridized carbons (Fsp3) is 0.167. The molecule has 0 bridgehead atoms. The highest BCUT2D eigenvalue weighted by atomic mass is 16.1. The number of carbonyl (C=O) groups excluding carboxylic acids is 2. The molecular formula is C24H21NO2. The first-order valence-corrected chi connectivity index (χ1v) is 9.07. The van der Waals surface area contributed by atoms with Gasteiger partial charge in [0.15, 0.2) is 5.78 Å². The Kier molecular flexibility index (Phi) is 4.15. The third-order valence-corrected chi connectivity index (χ3v) is 5.00. The highest BCUT2D eigenvalue weighted by Gasteiger charge is 2.28. The van der Waals surface area contributed by atoms with E-state index in [1.54, 1.807) is 6.08 Å². The van der Waals surface area contributed by atoms with Gasteiger partial charge in [0, 0.05) is 34.0 Å². The third kappa shape index (κ3) is 3.28. The van der Waals surface area contributed by atoms with Crippen molar-refractivity contribution in [3.63, 3.8) is 0 Å². The molecule has 0 saturated carbocycles. The average Bonchev–Trinajstić information content (AvgIpc) is 2.66. The van der Waals surface area contributed by atoms with Crippen LogP contribution >= 0.6 is 0 Å². The number of hydrogen-bond acceptors (Lipinski definition) is 3. The van der Waals surface area contributed by atoms with Crippen molar-refractivity contribution >= 4 is 28.5 Å². The van der Waals surface area contributed by atoms with Gasteiger partial charge in [-0.05, 0) is 42.7 Å². The van der Waals surface area contributed by atoms with Crippen LogP contribution in [-0.2, 0) is 6.42 Å². The minimum absolute atomic E-state index is 0.0468. The number of ketones is 1. The van der Waals surface area contributed by atoms with Crippen molar-refractivity contribution in [1.29, 1.82) is 0 Å². The Bertz CT molecular complexity index is 1090. The smallest absolute Gasteiger partial charge is 0.188 e. The Balaban J connectivity index is 1.83. The van der Waals surface area contributed by atoms with Gasteiger partial charge in [0.2, 0.25) is 0 Å². The topological polar surface area (TPSA) is 46.2 Å². The molecule has 3 aromatic carbocycles. The van der Waals surface area contributed by atoms with E-state index in [4.69, 9.17) is 0 Å². The van der Waals surface area contributed by atoms with Crippen LogP contribution < -0.4 is 5.32 Å². The molecular weight excluding hydrogens is 334 g/mol. The Labute approximate surface area is 158 Å². The normalized spacial score (nSPS) is 16.6. The average molecular weight is 355 g/mol. The molecule has 0 amide bonds. The second-order valence-corrected chi connectivity index (χ2v) is 7.67. The molecule has 3 heteroatoms. The van der Waals surface area contributed by atoms with Gasteiger partial charge in [0.25, 0.3) is 0 Å². The lowest BCUT2D eigenvalue weighted by molar-refractivity contribution is 0.104. The zero-order valence-corrected chi connectivity index (χ0v) is 15.5. The van der Waals surface area contributed by atoms with Crippen molar-refractivity contribution < 1.29 is 9.59 Å². The molecule has 0 unspecified atom stereocenters. The molecule has 0 aromatic heterocycles. The van der Waals surface area contributed by atoms with Crippen molar-refractivity contribution in [2.75, 3.05) is 0 Å². The molecule has 0 spiro atoms. The first-order chi connectivity index (χ1) is 13.0. The van der Waals surface area contributed by atoms with E-state index in [1.165, 1.54) is 0 Å². The maximum absolute atomic E-state index is 13.1. The summed E-state index contributed by atoms with van der Waals surface area (Å²) in [6, 6.07) is 19.3. The molecule has 3 aromatic rings. The summed E-state index contributed by atoms with van der Waals surface area (Å²) in [6.45, 7) is 4.22. The van der Waals surface area contributed by atoms with Crippen LogP contribution in [-0.4, -0.2) is 17.6 Å². The summed E-state index contributed by atoms with van der Waals surface area (Å²) in [5, 5.41) is 5.46.